The van der Waals surface area contributed by atoms with E-state index in [2.05, 4.69) is 16.0 Å². The number of anilines is 1. The Morgan fingerprint density at radius 1 is 1.15 bits per heavy atom. The Hall–Kier alpha value is -2.24. The monoisotopic (exact) mass is 279 g/mol. The van der Waals surface area contributed by atoms with Crippen molar-refractivity contribution in [3.05, 3.63) is 30.3 Å². The molecular formula is C14H21N3O3. The number of unbranched alkanes of at least 4 members (excludes halogenated alkanes) is 1. The summed E-state index contributed by atoms with van der Waals surface area (Å²) in [4.78, 5) is 22.6. The van der Waals surface area contributed by atoms with Crippen molar-refractivity contribution in [3.8, 4) is 0 Å². The smallest absolute Gasteiger partial charge is 0.407 e. The Balaban J connectivity index is 2.07. The number of hydrogen-bond donors (Lipinski definition) is 3. The molecule has 0 unspecified atom stereocenters. The average Bonchev–Trinajstić information content (AvgIpc) is 2.46. The number of benzene rings is 1. The SMILES string of the molecule is CCCCOC(=O)NCC(=O)NCNc1ccccc1. The molecule has 1 aromatic carbocycles. The zero-order valence-corrected chi connectivity index (χ0v) is 11.6. The Morgan fingerprint density at radius 3 is 2.60 bits per heavy atom. The third-order valence-corrected chi connectivity index (χ3v) is 2.48. The zero-order chi connectivity index (χ0) is 14.6. The Morgan fingerprint density at radius 2 is 1.90 bits per heavy atom. The van der Waals surface area contributed by atoms with Crippen molar-refractivity contribution in [2.24, 2.45) is 0 Å². The highest BCUT2D eigenvalue weighted by atomic mass is 16.5. The predicted octanol–water partition coefficient (Wildman–Crippen LogP) is 1.70. The van der Waals surface area contributed by atoms with Crippen molar-refractivity contribution in [1.29, 1.82) is 0 Å². The maximum atomic E-state index is 11.4. The molecule has 0 aliphatic rings. The van der Waals surface area contributed by atoms with Crippen LogP contribution in [0.25, 0.3) is 0 Å². The average molecular weight is 279 g/mol. The standard InChI is InChI=1S/C14H21N3O3/c1-2-3-9-20-14(19)15-10-13(18)17-11-16-12-7-5-4-6-8-12/h4-8,16H,2-3,9-11H2,1H3,(H,15,19)(H,17,18). The lowest BCUT2D eigenvalue weighted by atomic mass is 10.3. The minimum absolute atomic E-state index is 0.0958. The summed E-state index contributed by atoms with van der Waals surface area (Å²) in [7, 11) is 0. The van der Waals surface area contributed by atoms with Gasteiger partial charge in [-0.05, 0) is 18.6 Å². The molecule has 6 heteroatoms. The van der Waals surface area contributed by atoms with Gasteiger partial charge >= 0.3 is 6.09 Å². The van der Waals surface area contributed by atoms with Crippen LogP contribution in [0.5, 0.6) is 0 Å². The van der Waals surface area contributed by atoms with Gasteiger partial charge in [0.05, 0.1) is 13.3 Å². The largest absolute Gasteiger partial charge is 0.450 e. The first-order valence-corrected chi connectivity index (χ1v) is 6.68. The maximum Gasteiger partial charge on any atom is 0.407 e. The van der Waals surface area contributed by atoms with Crippen LogP contribution >= 0.6 is 0 Å². The molecular weight excluding hydrogens is 258 g/mol. The fourth-order valence-corrected chi connectivity index (χ4v) is 1.38. The highest BCUT2D eigenvalue weighted by Gasteiger charge is 2.05. The number of ether oxygens (including phenoxy) is 1. The van der Waals surface area contributed by atoms with Crippen molar-refractivity contribution >= 4 is 17.7 Å². The molecule has 0 saturated heterocycles. The predicted molar refractivity (Wildman–Crippen MR) is 77.3 cm³/mol. The summed E-state index contributed by atoms with van der Waals surface area (Å²) < 4.78 is 4.86. The molecule has 0 fully saturated rings. The molecule has 0 radical (unpaired) electrons. The van der Waals surface area contributed by atoms with Gasteiger partial charge in [-0.3, -0.25) is 4.79 Å². The molecule has 0 atom stereocenters. The van der Waals surface area contributed by atoms with E-state index >= 15 is 0 Å². The summed E-state index contributed by atoms with van der Waals surface area (Å²) >= 11 is 0. The second kappa shape index (κ2) is 9.66. The van der Waals surface area contributed by atoms with Gasteiger partial charge in [0.25, 0.3) is 0 Å². The molecule has 0 spiro atoms. The van der Waals surface area contributed by atoms with E-state index in [1.165, 1.54) is 0 Å². The van der Waals surface area contributed by atoms with Crippen molar-refractivity contribution in [3.63, 3.8) is 0 Å². The summed E-state index contributed by atoms with van der Waals surface area (Å²) in [5, 5.41) is 8.05. The number of hydrogen-bond acceptors (Lipinski definition) is 4. The zero-order valence-electron chi connectivity index (χ0n) is 11.6. The molecule has 0 bridgehead atoms. The lowest BCUT2D eigenvalue weighted by molar-refractivity contribution is -0.120. The van der Waals surface area contributed by atoms with Crippen LogP contribution in [0.1, 0.15) is 19.8 Å². The molecule has 3 N–H and O–H groups in total. The molecule has 20 heavy (non-hydrogen) atoms. The molecule has 6 nitrogen and oxygen atoms in total. The van der Waals surface area contributed by atoms with Crippen molar-refractivity contribution in [1.82, 2.24) is 10.6 Å². The number of carbonyl (C=O) groups excluding carboxylic acids is 2. The fourth-order valence-electron chi connectivity index (χ4n) is 1.38. The van der Waals surface area contributed by atoms with E-state index in [9.17, 15) is 9.59 Å². The molecule has 110 valence electrons. The normalized spacial score (nSPS) is 9.65. The quantitative estimate of drug-likeness (QED) is 0.500. The number of para-hydroxylation sites is 1. The Labute approximate surface area is 118 Å². The number of rotatable bonds is 8. The van der Waals surface area contributed by atoms with Crippen LogP contribution in [0.15, 0.2) is 30.3 Å². The van der Waals surface area contributed by atoms with Crippen LogP contribution in [-0.2, 0) is 9.53 Å². The van der Waals surface area contributed by atoms with Crippen LogP contribution in [-0.4, -0.2) is 31.8 Å². The molecule has 0 aliphatic carbocycles. The van der Waals surface area contributed by atoms with E-state index in [0.717, 1.165) is 18.5 Å². The molecule has 2 amide bonds. The number of nitrogens with one attached hydrogen (secondary N) is 3. The fraction of sp³-hybridized carbons (Fsp3) is 0.429. The van der Waals surface area contributed by atoms with E-state index in [-0.39, 0.29) is 12.5 Å². The lowest BCUT2D eigenvalue weighted by Gasteiger charge is -2.09. The summed E-state index contributed by atoms with van der Waals surface area (Å²) in [6.45, 7) is 2.59. The molecule has 0 heterocycles. The lowest BCUT2D eigenvalue weighted by Crippen LogP contribution is -2.39. The summed E-state index contributed by atoms with van der Waals surface area (Å²) in [6, 6.07) is 9.51. The molecule has 0 aliphatic heterocycles. The van der Waals surface area contributed by atoms with Crippen LogP contribution in [0, 0.1) is 0 Å². The number of alkyl carbamates (subject to hydrolysis) is 1. The van der Waals surface area contributed by atoms with Gasteiger partial charge in [-0.15, -0.1) is 0 Å². The maximum absolute atomic E-state index is 11.4. The summed E-state index contributed by atoms with van der Waals surface area (Å²) in [5.74, 6) is -0.277. The van der Waals surface area contributed by atoms with E-state index in [4.69, 9.17) is 4.74 Å². The third kappa shape index (κ3) is 7.25. The van der Waals surface area contributed by atoms with Gasteiger partial charge in [-0.2, -0.15) is 0 Å². The van der Waals surface area contributed by atoms with E-state index < -0.39 is 6.09 Å². The highest BCUT2D eigenvalue weighted by Crippen LogP contribution is 2.02. The van der Waals surface area contributed by atoms with Gasteiger partial charge < -0.3 is 20.7 Å². The van der Waals surface area contributed by atoms with Gasteiger partial charge in [0, 0.05) is 5.69 Å². The first kappa shape index (κ1) is 15.8. The van der Waals surface area contributed by atoms with Gasteiger partial charge in [0.1, 0.15) is 6.54 Å². The van der Waals surface area contributed by atoms with Gasteiger partial charge in [-0.25, -0.2) is 4.79 Å². The highest BCUT2D eigenvalue weighted by molar-refractivity contribution is 5.82. The van der Waals surface area contributed by atoms with Crippen LogP contribution < -0.4 is 16.0 Å². The minimum Gasteiger partial charge on any atom is -0.450 e. The van der Waals surface area contributed by atoms with Crippen LogP contribution in [0.2, 0.25) is 0 Å². The molecule has 0 saturated carbocycles. The third-order valence-electron chi connectivity index (χ3n) is 2.48. The van der Waals surface area contributed by atoms with Gasteiger partial charge in [-0.1, -0.05) is 31.5 Å². The second-order valence-electron chi connectivity index (χ2n) is 4.16. The topological polar surface area (TPSA) is 79.5 Å². The van der Waals surface area contributed by atoms with Crippen molar-refractivity contribution < 1.29 is 14.3 Å². The summed E-state index contributed by atoms with van der Waals surface area (Å²) in [6.07, 6.45) is 1.21. The molecule has 0 aromatic heterocycles. The first-order chi connectivity index (χ1) is 9.72. The van der Waals surface area contributed by atoms with Gasteiger partial charge in [0.2, 0.25) is 5.91 Å². The van der Waals surface area contributed by atoms with Crippen molar-refractivity contribution in [2.45, 2.75) is 19.8 Å². The summed E-state index contributed by atoms with van der Waals surface area (Å²) in [5.41, 5.74) is 0.916. The molecule has 1 aromatic rings. The van der Waals surface area contributed by atoms with Crippen LogP contribution in [0.3, 0.4) is 0 Å². The Bertz CT molecular complexity index is 409. The van der Waals surface area contributed by atoms with Crippen LogP contribution in [0.4, 0.5) is 10.5 Å². The van der Waals surface area contributed by atoms with E-state index in [1.54, 1.807) is 0 Å². The van der Waals surface area contributed by atoms with E-state index in [0.29, 0.717) is 13.3 Å². The van der Waals surface area contributed by atoms with E-state index in [1.807, 2.05) is 37.3 Å². The van der Waals surface area contributed by atoms with Crippen molar-refractivity contribution in [2.75, 3.05) is 25.1 Å². The minimum atomic E-state index is -0.565. The molecule has 1 rings (SSSR count). The second-order valence-corrected chi connectivity index (χ2v) is 4.16. The number of carbonyl (C=O) groups is 2. The number of amides is 2. The Kier molecular flexibility index (Phi) is 7.64. The first-order valence-electron chi connectivity index (χ1n) is 6.68. The van der Waals surface area contributed by atoms with Gasteiger partial charge in [0.15, 0.2) is 0 Å².